The Labute approximate surface area is 126 Å². The first-order chi connectivity index (χ1) is 10.3. The minimum absolute atomic E-state index is 0.252. The van der Waals surface area contributed by atoms with Crippen LogP contribution in [0.15, 0.2) is 12.4 Å². The van der Waals surface area contributed by atoms with Crippen molar-refractivity contribution in [2.24, 2.45) is 0 Å². The van der Waals surface area contributed by atoms with Gasteiger partial charge in [0.2, 0.25) is 5.95 Å². The van der Waals surface area contributed by atoms with E-state index in [4.69, 9.17) is 9.47 Å². The highest BCUT2D eigenvalue weighted by Crippen LogP contribution is 2.23. The van der Waals surface area contributed by atoms with Gasteiger partial charge >= 0.3 is 0 Å². The number of ether oxygens (including phenoxy) is 2. The fraction of sp³-hybridized carbons (Fsp3) is 0.800. The predicted molar refractivity (Wildman–Crippen MR) is 81.6 cm³/mol. The van der Waals surface area contributed by atoms with Crippen molar-refractivity contribution in [2.45, 2.75) is 38.0 Å². The molecule has 6 heteroatoms. The third-order valence-electron chi connectivity index (χ3n) is 4.50. The minimum Gasteiger partial charge on any atom is -0.383 e. The van der Waals surface area contributed by atoms with Crippen molar-refractivity contribution in [3.63, 3.8) is 0 Å². The maximum atomic E-state index is 5.97. The van der Waals surface area contributed by atoms with E-state index in [2.05, 4.69) is 26.7 Å². The van der Waals surface area contributed by atoms with E-state index in [9.17, 15) is 0 Å². The van der Waals surface area contributed by atoms with E-state index in [-0.39, 0.29) is 12.1 Å². The van der Waals surface area contributed by atoms with Crippen molar-refractivity contribution in [3.05, 3.63) is 12.4 Å². The molecule has 0 spiro atoms. The zero-order chi connectivity index (χ0) is 14.7. The molecule has 1 aromatic heterocycles. The van der Waals surface area contributed by atoms with E-state index in [1.807, 2.05) is 12.4 Å². The van der Waals surface area contributed by atoms with Gasteiger partial charge in [0.15, 0.2) is 0 Å². The van der Waals surface area contributed by atoms with Crippen LogP contribution in [0.2, 0.25) is 0 Å². The van der Waals surface area contributed by atoms with Crippen LogP contribution in [-0.2, 0) is 9.47 Å². The number of morpholine rings is 1. The van der Waals surface area contributed by atoms with Gasteiger partial charge in [0, 0.05) is 38.6 Å². The number of hydrogen-bond acceptors (Lipinski definition) is 5. The molecule has 2 aliphatic rings. The molecular weight excluding hydrogens is 268 g/mol. The molecule has 21 heavy (non-hydrogen) atoms. The number of methoxy groups -OCH3 is 1. The summed E-state index contributed by atoms with van der Waals surface area (Å²) >= 11 is 0. The van der Waals surface area contributed by atoms with Crippen LogP contribution in [0.5, 0.6) is 0 Å². The molecule has 6 nitrogen and oxygen atoms in total. The summed E-state index contributed by atoms with van der Waals surface area (Å²) in [5.74, 6) is 0.895. The molecule has 2 saturated heterocycles. The van der Waals surface area contributed by atoms with E-state index in [1.54, 1.807) is 7.11 Å². The Morgan fingerprint density at radius 1 is 1.57 bits per heavy atom. The number of fused-ring (bicyclic) bond motifs is 1. The second-order valence-electron chi connectivity index (χ2n) is 6.09. The molecule has 0 aliphatic carbocycles. The lowest BCUT2D eigenvalue weighted by Gasteiger charge is -2.35. The molecule has 0 radical (unpaired) electrons. The van der Waals surface area contributed by atoms with Gasteiger partial charge < -0.3 is 19.4 Å². The maximum absolute atomic E-state index is 5.97. The van der Waals surface area contributed by atoms with Gasteiger partial charge in [-0.15, -0.1) is 0 Å². The lowest BCUT2D eigenvalue weighted by molar-refractivity contribution is -0.0416. The van der Waals surface area contributed by atoms with Gasteiger partial charge in [-0.3, -0.25) is 4.90 Å². The maximum Gasteiger partial charge on any atom is 0.203 e. The second-order valence-corrected chi connectivity index (χ2v) is 6.09. The van der Waals surface area contributed by atoms with Crippen LogP contribution in [0, 0.1) is 0 Å². The summed E-state index contributed by atoms with van der Waals surface area (Å²) < 4.78 is 13.3. The molecule has 2 aliphatic heterocycles. The Balaban J connectivity index is 1.52. The first-order valence-corrected chi connectivity index (χ1v) is 7.89. The van der Waals surface area contributed by atoms with Crippen LogP contribution < -0.4 is 5.32 Å². The van der Waals surface area contributed by atoms with Crippen molar-refractivity contribution in [3.8, 4) is 0 Å². The summed E-state index contributed by atoms with van der Waals surface area (Å²) in [6.45, 7) is 6.75. The van der Waals surface area contributed by atoms with Gasteiger partial charge in [-0.1, -0.05) is 0 Å². The molecule has 3 unspecified atom stereocenters. The summed E-state index contributed by atoms with van der Waals surface area (Å²) in [7, 11) is 1.73. The SMILES string of the molecule is COCC(C)n1ccnc1NCC1CN2CCCC2CO1. The number of rotatable bonds is 6. The highest BCUT2D eigenvalue weighted by molar-refractivity contribution is 5.27. The largest absolute Gasteiger partial charge is 0.383 e. The molecular formula is C15H26N4O2. The second kappa shape index (κ2) is 6.77. The molecule has 118 valence electrons. The Morgan fingerprint density at radius 2 is 2.48 bits per heavy atom. The zero-order valence-corrected chi connectivity index (χ0v) is 13.0. The van der Waals surface area contributed by atoms with Crippen molar-refractivity contribution < 1.29 is 9.47 Å². The Morgan fingerprint density at radius 3 is 3.33 bits per heavy atom. The van der Waals surface area contributed by atoms with E-state index in [0.29, 0.717) is 12.6 Å². The topological polar surface area (TPSA) is 51.5 Å². The standard InChI is InChI=1S/C15H26N4O2/c1-12(10-20-2)19-7-5-16-15(19)17-8-14-9-18-6-3-4-13(18)11-21-14/h5,7,12-14H,3-4,6,8-11H2,1-2H3,(H,16,17). The van der Waals surface area contributed by atoms with Crippen molar-refractivity contribution >= 4 is 5.95 Å². The fourth-order valence-electron chi connectivity index (χ4n) is 3.34. The van der Waals surface area contributed by atoms with E-state index < -0.39 is 0 Å². The number of anilines is 1. The minimum atomic E-state index is 0.252. The average molecular weight is 294 g/mol. The number of nitrogens with zero attached hydrogens (tertiary/aromatic N) is 3. The van der Waals surface area contributed by atoms with Crippen LogP contribution >= 0.6 is 0 Å². The molecule has 0 aromatic carbocycles. The smallest absolute Gasteiger partial charge is 0.203 e. The van der Waals surface area contributed by atoms with E-state index in [0.717, 1.165) is 25.6 Å². The molecule has 3 heterocycles. The van der Waals surface area contributed by atoms with Crippen molar-refractivity contribution in [1.82, 2.24) is 14.5 Å². The Kier molecular flexibility index (Phi) is 4.77. The lowest BCUT2D eigenvalue weighted by Crippen LogP contribution is -2.48. The van der Waals surface area contributed by atoms with Crippen LogP contribution in [0.25, 0.3) is 0 Å². The van der Waals surface area contributed by atoms with Crippen LogP contribution in [0.3, 0.4) is 0 Å². The predicted octanol–water partition coefficient (Wildman–Crippen LogP) is 1.37. The number of nitrogens with one attached hydrogen (secondary N) is 1. The number of aromatic nitrogens is 2. The first kappa shape index (κ1) is 14.8. The zero-order valence-electron chi connectivity index (χ0n) is 13.0. The third-order valence-corrected chi connectivity index (χ3v) is 4.50. The molecule has 1 aromatic rings. The lowest BCUT2D eigenvalue weighted by atomic mass is 10.2. The highest BCUT2D eigenvalue weighted by atomic mass is 16.5. The molecule has 3 atom stereocenters. The van der Waals surface area contributed by atoms with Gasteiger partial charge in [-0.05, 0) is 26.3 Å². The van der Waals surface area contributed by atoms with Gasteiger partial charge in [-0.2, -0.15) is 0 Å². The number of imidazole rings is 1. The van der Waals surface area contributed by atoms with Crippen LogP contribution in [-0.4, -0.2) is 66.6 Å². The van der Waals surface area contributed by atoms with Gasteiger partial charge in [0.1, 0.15) is 0 Å². The highest BCUT2D eigenvalue weighted by Gasteiger charge is 2.32. The van der Waals surface area contributed by atoms with E-state index in [1.165, 1.54) is 19.4 Å². The van der Waals surface area contributed by atoms with Crippen LogP contribution in [0.4, 0.5) is 5.95 Å². The monoisotopic (exact) mass is 294 g/mol. The summed E-state index contributed by atoms with van der Waals surface area (Å²) in [5, 5.41) is 3.43. The van der Waals surface area contributed by atoms with Gasteiger partial charge in [0.25, 0.3) is 0 Å². The van der Waals surface area contributed by atoms with Gasteiger partial charge in [0.05, 0.1) is 25.4 Å². The Hall–Kier alpha value is -1.11. The van der Waals surface area contributed by atoms with E-state index >= 15 is 0 Å². The quantitative estimate of drug-likeness (QED) is 0.858. The molecule has 0 amide bonds. The third kappa shape index (κ3) is 3.39. The Bertz CT molecular complexity index is 451. The van der Waals surface area contributed by atoms with Crippen molar-refractivity contribution in [1.29, 1.82) is 0 Å². The summed E-state index contributed by atoms with van der Waals surface area (Å²) in [5.41, 5.74) is 0. The molecule has 0 saturated carbocycles. The summed E-state index contributed by atoms with van der Waals surface area (Å²) in [4.78, 5) is 6.96. The van der Waals surface area contributed by atoms with Gasteiger partial charge in [-0.25, -0.2) is 4.98 Å². The fourth-order valence-corrected chi connectivity index (χ4v) is 3.34. The van der Waals surface area contributed by atoms with Crippen molar-refractivity contribution in [2.75, 3.05) is 45.3 Å². The number of hydrogen-bond donors (Lipinski definition) is 1. The first-order valence-electron chi connectivity index (χ1n) is 7.89. The summed E-state index contributed by atoms with van der Waals surface area (Å²) in [6.07, 6.45) is 6.67. The normalized spacial score (nSPS) is 27.5. The molecule has 0 bridgehead atoms. The van der Waals surface area contributed by atoms with Crippen LogP contribution in [0.1, 0.15) is 25.8 Å². The average Bonchev–Trinajstić information content (AvgIpc) is 3.13. The molecule has 3 rings (SSSR count). The molecule has 1 N–H and O–H groups in total. The molecule has 2 fully saturated rings. The summed E-state index contributed by atoms with van der Waals surface area (Å²) in [6, 6.07) is 0.931.